The van der Waals surface area contributed by atoms with Crippen molar-refractivity contribution in [2.45, 2.75) is 46.1 Å². The number of carbonyl (C=O) groups excluding carboxylic acids is 2. The van der Waals surface area contributed by atoms with Gasteiger partial charge in [-0.1, -0.05) is 12.1 Å². The fourth-order valence-electron chi connectivity index (χ4n) is 3.78. The summed E-state index contributed by atoms with van der Waals surface area (Å²) in [5.74, 6) is 0.213. The Bertz CT molecular complexity index is 1120. The van der Waals surface area contributed by atoms with Gasteiger partial charge in [-0.15, -0.1) is 11.3 Å². The summed E-state index contributed by atoms with van der Waals surface area (Å²) in [6, 6.07) is 9.51. The van der Waals surface area contributed by atoms with Crippen LogP contribution in [0.15, 0.2) is 42.7 Å². The Balaban J connectivity index is 1.46. The first kappa shape index (κ1) is 22.0. The molecule has 0 atom stereocenters. The number of nitrogens with zero attached hydrogens (tertiary/aromatic N) is 1. The van der Waals surface area contributed by atoms with E-state index in [0.29, 0.717) is 22.9 Å². The lowest BCUT2D eigenvalue weighted by molar-refractivity contribution is -0.118. The Morgan fingerprint density at radius 2 is 1.97 bits per heavy atom. The van der Waals surface area contributed by atoms with Crippen molar-refractivity contribution in [1.82, 2.24) is 10.3 Å². The number of hydrogen-bond donors (Lipinski definition) is 2. The second-order valence-electron chi connectivity index (χ2n) is 8.04. The van der Waals surface area contributed by atoms with Gasteiger partial charge in [-0.3, -0.25) is 14.6 Å². The van der Waals surface area contributed by atoms with Gasteiger partial charge >= 0.3 is 0 Å². The molecule has 1 aromatic carbocycles. The number of rotatable bonds is 7. The van der Waals surface area contributed by atoms with E-state index in [4.69, 9.17) is 4.74 Å². The summed E-state index contributed by atoms with van der Waals surface area (Å²) >= 11 is 1.51. The SMILES string of the molecule is Cc1ccc(OCC(=O)Nc2sc3c(c2C(=O)NCc2cccnc2)CCCC3)cc1C. The minimum Gasteiger partial charge on any atom is -0.484 e. The molecule has 2 N–H and O–H groups in total. The summed E-state index contributed by atoms with van der Waals surface area (Å²) in [5.41, 5.74) is 4.87. The number of thiophene rings is 1. The molecule has 7 heteroatoms. The Morgan fingerprint density at radius 1 is 1.12 bits per heavy atom. The largest absolute Gasteiger partial charge is 0.484 e. The van der Waals surface area contributed by atoms with Crippen LogP contribution in [-0.2, 0) is 24.2 Å². The topological polar surface area (TPSA) is 80.3 Å². The predicted octanol–water partition coefficient (Wildman–Crippen LogP) is 4.59. The fourth-order valence-corrected chi connectivity index (χ4v) is 5.09. The second kappa shape index (κ2) is 9.96. The smallest absolute Gasteiger partial charge is 0.262 e. The summed E-state index contributed by atoms with van der Waals surface area (Å²) in [6.45, 7) is 4.32. The van der Waals surface area contributed by atoms with Crippen LogP contribution >= 0.6 is 11.3 Å². The number of carbonyl (C=O) groups is 2. The second-order valence-corrected chi connectivity index (χ2v) is 9.15. The quantitative estimate of drug-likeness (QED) is 0.553. The third-order valence-electron chi connectivity index (χ3n) is 5.68. The molecule has 166 valence electrons. The van der Waals surface area contributed by atoms with E-state index in [0.717, 1.165) is 42.4 Å². The van der Waals surface area contributed by atoms with Crippen LogP contribution < -0.4 is 15.4 Å². The van der Waals surface area contributed by atoms with Gasteiger partial charge in [0.1, 0.15) is 10.8 Å². The lowest BCUT2D eigenvalue weighted by atomic mass is 9.95. The number of aromatic nitrogens is 1. The van der Waals surface area contributed by atoms with Crippen molar-refractivity contribution in [3.05, 3.63) is 75.4 Å². The van der Waals surface area contributed by atoms with Gasteiger partial charge < -0.3 is 15.4 Å². The Labute approximate surface area is 192 Å². The molecule has 0 bridgehead atoms. The molecule has 2 heterocycles. The van der Waals surface area contributed by atoms with Crippen molar-refractivity contribution in [3.63, 3.8) is 0 Å². The Morgan fingerprint density at radius 3 is 2.75 bits per heavy atom. The summed E-state index contributed by atoms with van der Waals surface area (Å²) in [7, 11) is 0. The minimum atomic E-state index is -0.275. The molecule has 4 rings (SSSR count). The van der Waals surface area contributed by atoms with E-state index in [-0.39, 0.29) is 18.4 Å². The highest BCUT2D eigenvalue weighted by Crippen LogP contribution is 2.38. The third-order valence-corrected chi connectivity index (χ3v) is 6.88. The van der Waals surface area contributed by atoms with Crippen LogP contribution in [0.4, 0.5) is 5.00 Å². The number of nitrogens with one attached hydrogen (secondary N) is 2. The first-order valence-electron chi connectivity index (χ1n) is 10.8. The zero-order valence-corrected chi connectivity index (χ0v) is 19.2. The van der Waals surface area contributed by atoms with Crippen LogP contribution in [0.3, 0.4) is 0 Å². The van der Waals surface area contributed by atoms with Crippen molar-refractivity contribution in [2.75, 3.05) is 11.9 Å². The van der Waals surface area contributed by atoms with Crippen LogP contribution in [0.1, 0.15) is 50.3 Å². The molecule has 0 radical (unpaired) electrons. The summed E-state index contributed by atoms with van der Waals surface area (Å²) in [6.07, 6.45) is 7.39. The number of anilines is 1. The average Bonchev–Trinajstić information content (AvgIpc) is 3.16. The van der Waals surface area contributed by atoms with E-state index in [1.54, 1.807) is 12.4 Å². The molecule has 0 aliphatic heterocycles. The predicted molar refractivity (Wildman–Crippen MR) is 126 cm³/mol. The van der Waals surface area contributed by atoms with E-state index >= 15 is 0 Å². The molecule has 0 saturated carbocycles. The molecule has 0 fully saturated rings. The molecule has 0 spiro atoms. The standard InChI is InChI=1S/C25H27N3O3S/c1-16-9-10-19(12-17(16)2)31-15-22(29)28-25-23(20-7-3-4-8-21(20)32-25)24(30)27-14-18-6-5-11-26-13-18/h5-6,9-13H,3-4,7-8,14-15H2,1-2H3,(H,27,30)(H,28,29). The number of hydrogen-bond acceptors (Lipinski definition) is 5. The van der Waals surface area contributed by atoms with E-state index in [1.807, 2.05) is 44.2 Å². The third kappa shape index (κ3) is 5.16. The maximum Gasteiger partial charge on any atom is 0.262 e. The Kier molecular flexibility index (Phi) is 6.85. The van der Waals surface area contributed by atoms with Crippen LogP contribution in [0.25, 0.3) is 0 Å². The van der Waals surface area contributed by atoms with E-state index in [9.17, 15) is 9.59 Å². The van der Waals surface area contributed by atoms with Crippen molar-refractivity contribution < 1.29 is 14.3 Å². The highest BCUT2D eigenvalue weighted by Gasteiger charge is 2.26. The highest BCUT2D eigenvalue weighted by molar-refractivity contribution is 7.17. The lowest BCUT2D eigenvalue weighted by Crippen LogP contribution is -2.26. The van der Waals surface area contributed by atoms with E-state index in [1.165, 1.54) is 21.8 Å². The summed E-state index contributed by atoms with van der Waals surface area (Å²) in [4.78, 5) is 31.0. The Hall–Kier alpha value is -3.19. The van der Waals surface area contributed by atoms with Crippen molar-refractivity contribution in [1.29, 1.82) is 0 Å². The number of pyridine rings is 1. The molecular formula is C25H27N3O3S. The molecule has 1 aliphatic rings. The molecule has 2 amide bonds. The van der Waals surface area contributed by atoms with Crippen LogP contribution in [0.5, 0.6) is 5.75 Å². The average molecular weight is 450 g/mol. The van der Waals surface area contributed by atoms with Crippen LogP contribution in [0, 0.1) is 13.8 Å². The summed E-state index contributed by atoms with van der Waals surface area (Å²) < 4.78 is 5.67. The zero-order chi connectivity index (χ0) is 22.5. The van der Waals surface area contributed by atoms with Gasteiger partial charge in [-0.05, 0) is 80.0 Å². The molecule has 1 aliphatic carbocycles. The van der Waals surface area contributed by atoms with Gasteiger partial charge in [0.2, 0.25) is 0 Å². The minimum absolute atomic E-state index is 0.109. The van der Waals surface area contributed by atoms with Crippen molar-refractivity contribution in [3.8, 4) is 5.75 Å². The van der Waals surface area contributed by atoms with E-state index < -0.39 is 0 Å². The van der Waals surface area contributed by atoms with E-state index in [2.05, 4.69) is 15.6 Å². The van der Waals surface area contributed by atoms with Gasteiger partial charge in [0.05, 0.1) is 5.56 Å². The molecule has 0 unspecified atom stereocenters. The van der Waals surface area contributed by atoms with Crippen LogP contribution in [-0.4, -0.2) is 23.4 Å². The lowest BCUT2D eigenvalue weighted by Gasteiger charge is -2.13. The number of fused-ring (bicyclic) bond motifs is 1. The molecule has 0 saturated heterocycles. The number of ether oxygens (including phenoxy) is 1. The first-order valence-corrected chi connectivity index (χ1v) is 11.6. The summed E-state index contributed by atoms with van der Waals surface area (Å²) in [5, 5.41) is 6.51. The molecule has 3 aromatic rings. The molecule has 2 aromatic heterocycles. The van der Waals surface area contributed by atoms with Crippen molar-refractivity contribution >= 4 is 28.2 Å². The number of aryl methyl sites for hydroxylation is 3. The monoisotopic (exact) mass is 449 g/mol. The van der Waals surface area contributed by atoms with Crippen molar-refractivity contribution in [2.24, 2.45) is 0 Å². The normalized spacial score (nSPS) is 12.7. The molecule has 6 nitrogen and oxygen atoms in total. The zero-order valence-electron chi connectivity index (χ0n) is 18.4. The fraction of sp³-hybridized carbons (Fsp3) is 0.320. The maximum absolute atomic E-state index is 13.1. The maximum atomic E-state index is 13.1. The van der Waals surface area contributed by atoms with Crippen LogP contribution in [0.2, 0.25) is 0 Å². The first-order chi connectivity index (χ1) is 15.5. The number of amides is 2. The van der Waals surface area contributed by atoms with Gasteiger partial charge in [-0.2, -0.15) is 0 Å². The molecule has 32 heavy (non-hydrogen) atoms. The molecular weight excluding hydrogens is 422 g/mol. The van der Waals surface area contributed by atoms with Gasteiger partial charge in [0.15, 0.2) is 6.61 Å². The highest BCUT2D eigenvalue weighted by atomic mass is 32.1. The van der Waals surface area contributed by atoms with Gasteiger partial charge in [0, 0.05) is 23.8 Å². The van der Waals surface area contributed by atoms with Gasteiger partial charge in [-0.25, -0.2) is 0 Å². The number of benzene rings is 1. The van der Waals surface area contributed by atoms with Gasteiger partial charge in [0.25, 0.3) is 11.8 Å².